The predicted molar refractivity (Wildman–Crippen MR) is 112 cm³/mol. The van der Waals surface area contributed by atoms with Crippen LogP contribution in [0.4, 0.5) is 5.69 Å². The van der Waals surface area contributed by atoms with Crippen LogP contribution in [0.15, 0.2) is 97.1 Å². The van der Waals surface area contributed by atoms with Gasteiger partial charge >= 0.3 is 5.82 Å². The molecule has 0 aliphatic heterocycles. The van der Waals surface area contributed by atoms with E-state index in [4.69, 9.17) is 0 Å². The number of fused-ring (bicyclic) bond motifs is 1. The van der Waals surface area contributed by atoms with Gasteiger partial charge in [0.15, 0.2) is 5.21 Å². The van der Waals surface area contributed by atoms with Gasteiger partial charge in [-0.2, -0.15) is 0 Å². The van der Waals surface area contributed by atoms with Crippen molar-refractivity contribution >= 4 is 16.5 Å². The van der Waals surface area contributed by atoms with E-state index in [2.05, 4.69) is 28.5 Å². The Morgan fingerprint density at radius 3 is 2.27 bits per heavy atom. The third-order valence-corrected chi connectivity index (χ3v) is 4.93. The van der Waals surface area contributed by atoms with Crippen molar-refractivity contribution in [2.24, 2.45) is 0 Å². The van der Waals surface area contributed by atoms with Gasteiger partial charge in [0.05, 0.1) is 10.5 Å². The van der Waals surface area contributed by atoms with Crippen molar-refractivity contribution < 1.29 is 9.61 Å². The molecule has 0 unspecified atom stereocenters. The minimum absolute atomic E-state index is 0.0333. The Bertz CT molecular complexity index is 1360. The molecule has 5 rings (SSSR count). The van der Waals surface area contributed by atoms with E-state index in [0.717, 1.165) is 27.7 Å². The molecule has 0 aliphatic rings. The second-order valence-electron chi connectivity index (χ2n) is 6.75. The van der Waals surface area contributed by atoms with E-state index in [1.807, 2.05) is 59.3 Å². The lowest BCUT2D eigenvalue weighted by Crippen LogP contribution is -2.42. The summed E-state index contributed by atoms with van der Waals surface area (Å²) < 4.78 is 1.93. The zero-order valence-electron chi connectivity index (χ0n) is 15.8. The Hall–Kier alpha value is -4.39. The lowest BCUT2D eigenvalue weighted by molar-refractivity contribution is -0.668. The number of rotatable bonds is 4. The Morgan fingerprint density at radius 2 is 1.50 bits per heavy atom. The summed E-state index contributed by atoms with van der Waals surface area (Å²) in [7, 11) is 0. The van der Waals surface area contributed by atoms with Gasteiger partial charge in [0, 0.05) is 17.5 Å². The molecule has 0 aliphatic carbocycles. The normalized spacial score (nSPS) is 10.9. The average molecular weight is 394 g/mol. The summed E-state index contributed by atoms with van der Waals surface area (Å²) >= 11 is 0. The summed E-state index contributed by atoms with van der Waals surface area (Å²) in [5.41, 5.74) is 2.53. The molecule has 0 amide bonds. The van der Waals surface area contributed by atoms with Gasteiger partial charge in [-0.3, -0.25) is 10.1 Å². The van der Waals surface area contributed by atoms with Crippen molar-refractivity contribution in [2.45, 2.75) is 0 Å². The molecule has 0 fully saturated rings. The number of nitro benzene ring substituents is 1. The van der Waals surface area contributed by atoms with Gasteiger partial charge in [-0.05, 0) is 40.5 Å². The largest absolute Gasteiger partial charge is 0.337 e. The van der Waals surface area contributed by atoms with Crippen LogP contribution in [0.2, 0.25) is 0 Å². The van der Waals surface area contributed by atoms with Crippen molar-refractivity contribution in [1.82, 2.24) is 15.1 Å². The smallest absolute Gasteiger partial charge is 0.258 e. The molecule has 4 aromatic carbocycles. The zero-order valence-corrected chi connectivity index (χ0v) is 15.8. The van der Waals surface area contributed by atoms with Crippen LogP contribution < -0.4 is 4.68 Å². The second kappa shape index (κ2) is 7.21. The molecule has 0 saturated carbocycles. The van der Waals surface area contributed by atoms with Crippen LogP contribution in [0.1, 0.15) is 0 Å². The van der Waals surface area contributed by atoms with Gasteiger partial charge in [-0.1, -0.05) is 54.6 Å². The summed E-state index contributed by atoms with van der Waals surface area (Å²) in [4.78, 5) is 12.4. The SMILES string of the molecule is O=[N+]([O-])c1ccc(-c2nnn(-c3ccccc3)[n+]2-c2cccc3ccccc23)cc1. The van der Waals surface area contributed by atoms with Crippen molar-refractivity contribution in [3.05, 3.63) is 107 Å². The first-order valence-corrected chi connectivity index (χ1v) is 9.39. The van der Waals surface area contributed by atoms with Gasteiger partial charge in [0.25, 0.3) is 5.69 Å². The van der Waals surface area contributed by atoms with Gasteiger partial charge in [0.1, 0.15) is 16.5 Å². The molecular weight excluding hydrogens is 378 g/mol. The molecule has 0 spiro atoms. The number of nitrogens with zero attached hydrogens (tertiary/aromatic N) is 5. The average Bonchev–Trinajstić information content (AvgIpc) is 3.24. The molecule has 0 saturated heterocycles. The van der Waals surface area contributed by atoms with E-state index in [9.17, 15) is 10.1 Å². The minimum atomic E-state index is -0.413. The first-order valence-electron chi connectivity index (χ1n) is 9.39. The van der Waals surface area contributed by atoms with Crippen LogP contribution in [-0.4, -0.2) is 20.0 Å². The quantitative estimate of drug-likeness (QED) is 0.259. The number of benzene rings is 4. The molecule has 1 heterocycles. The summed E-state index contributed by atoms with van der Waals surface area (Å²) in [5, 5.41) is 22.0. The second-order valence-corrected chi connectivity index (χ2v) is 6.75. The number of tetrazole rings is 1. The Morgan fingerprint density at radius 1 is 0.800 bits per heavy atom. The number of non-ortho nitro benzene ring substituents is 1. The summed E-state index contributed by atoms with van der Waals surface area (Å²) in [6, 6.07) is 30.2. The number of para-hydroxylation sites is 1. The maximum absolute atomic E-state index is 11.0. The summed E-state index contributed by atoms with van der Waals surface area (Å²) in [6.07, 6.45) is 0. The van der Waals surface area contributed by atoms with E-state index in [1.54, 1.807) is 16.9 Å². The van der Waals surface area contributed by atoms with Crippen molar-refractivity contribution in [2.75, 3.05) is 0 Å². The lowest BCUT2D eigenvalue weighted by atomic mass is 10.1. The highest BCUT2D eigenvalue weighted by molar-refractivity contribution is 5.88. The first kappa shape index (κ1) is 17.7. The topological polar surface area (TPSA) is 77.7 Å². The maximum Gasteiger partial charge on any atom is 0.337 e. The molecular formula is C23H16N5O2+. The fourth-order valence-corrected chi connectivity index (χ4v) is 3.51. The highest BCUT2D eigenvalue weighted by atomic mass is 16.6. The number of aromatic nitrogens is 4. The fourth-order valence-electron chi connectivity index (χ4n) is 3.51. The Balaban J connectivity index is 1.79. The van der Waals surface area contributed by atoms with Crippen molar-refractivity contribution in [1.29, 1.82) is 0 Å². The van der Waals surface area contributed by atoms with Gasteiger partial charge in [-0.15, -0.1) is 4.68 Å². The molecule has 5 aromatic rings. The molecule has 7 heteroatoms. The summed E-state index contributed by atoms with van der Waals surface area (Å²) in [5.74, 6) is 0.588. The van der Waals surface area contributed by atoms with Gasteiger partial charge in [0.2, 0.25) is 0 Å². The highest BCUT2D eigenvalue weighted by Gasteiger charge is 2.26. The van der Waals surface area contributed by atoms with Crippen LogP contribution in [0, 0.1) is 10.1 Å². The van der Waals surface area contributed by atoms with E-state index in [-0.39, 0.29) is 5.69 Å². The summed E-state index contributed by atoms with van der Waals surface area (Å²) in [6.45, 7) is 0. The van der Waals surface area contributed by atoms with Crippen LogP contribution in [0.5, 0.6) is 0 Å². The molecule has 7 nitrogen and oxygen atoms in total. The maximum atomic E-state index is 11.0. The third kappa shape index (κ3) is 2.98. The van der Waals surface area contributed by atoms with Crippen molar-refractivity contribution in [3.63, 3.8) is 0 Å². The van der Waals surface area contributed by atoms with Crippen LogP contribution >= 0.6 is 0 Å². The van der Waals surface area contributed by atoms with Gasteiger partial charge in [-0.25, -0.2) is 0 Å². The van der Waals surface area contributed by atoms with E-state index in [0.29, 0.717) is 5.82 Å². The van der Waals surface area contributed by atoms with E-state index < -0.39 is 4.92 Å². The van der Waals surface area contributed by atoms with Crippen LogP contribution in [0.3, 0.4) is 0 Å². The number of hydrogen-bond acceptors (Lipinski definition) is 4. The van der Waals surface area contributed by atoms with Crippen LogP contribution in [0.25, 0.3) is 33.5 Å². The van der Waals surface area contributed by atoms with E-state index >= 15 is 0 Å². The van der Waals surface area contributed by atoms with E-state index in [1.165, 1.54) is 12.1 Å². The molecule has 0 atom stereocenters. The third-order valence-electron chi connectivity index (χ3n) is 4.93. The van der Waals surface area contributed by atoms with Gasteiger partial charge < -0.3 is 0 Å². The Kier molecular flexibility index (Phi) is 4.25. The lowest BCUT2D eigenvalue weighted by Gasteiger charge is -2.08. The molecule has 1 aromatic heterocycles. The van der Waals surface area contributed by atoms with Crippen LogP contribution in [-0.2, 0) is 0 Å². The fraction of sp³-hybridized carbons (Fsp3) is 0. The van der Waals surface area contributed by atoms with Crippen molar-refractivity contribution in [3.8, 4) is 22.8 Å². The first-order chi connectivity index (χ1) is 14.7. The molecule has 0 bridgehead atoms. The molecule has 0 radical (unpaired) electrons. The number of nitro groups is 1. The Labute approximate surface area is 171 Å². The monoisotopic (exact) mass is 394 g/mol. The molecule has 0 N–H and O–H groups in total. The predicted octanol–water partition coefficient (Wildman–Crippen LogP) is 4.27. The zero-order chi connectivity index (χ0) is 20.5. The molecule has 144 valence electrons. The highest BCUT2D eigenvalue weighted by Crippen LogP contribution is 2.23. The minimum Gasteiger partial charge on any atom is -0.258 e. The molecule has 30 heavy (non-hydrogen) atoms. The standard InChI is InChI=1S/C23H16N5O2/c29-28(30)20-15-13-18(14-16-20)23-24-25-27(19-9-2-1-3-10-19)26(23)22-12-6-8-17-7-4-5-11-21(17)22/h1-16H/q+1. The number of hydrogen-bond donors (Lipinski definition) is 0.